The Balaban J connectivity index is 2.01. The second kappa shape index (κ2) is 7.17. The van der Waals surface area contributed by atoms with E-state index >= 15 is 0 Å². The van der Waals surface area contributed by atoms with Gasteiger partial charge in [-0.3, -0.25) is 14.6 Å². The van der Waals surface area contributed by atoms with Crippen molar-refractivity contribution in [1.82, 2.24) is 10.2 Å². The maximum Gasteiger partial charge on any atom is 0.250 e. The highest BCUT2D eigenvalue weighted by Gasteiger charge is 2.35. The Hall–Kier alpha value is -0.950. The highest BCUT2D eigenvalue weighted by atomic mass is 32.2. The highest BCUT2D eigenvalue weighted by Crippen LogP contribution is 2.23. The molecular weight excluding hydrogens is 294 g/mol. The summed E-state index contributed by atoms with van der Waals surface area (Å²) in [6, 6.07) is -0.392. The standard InChI is InChI=1S/C13H19N3O2S2/c1-3-4-9(2)12(18)16-8-19-7-10(16)11(17)15-13-14-5-6-20-13/h4,10H,3,5-8H2,1-2H3,(H,14,15,17)/b9-4+/t10-/m0/s1. The van der Waals surface area contributed by atoms with Gasteiger partial charge >= 0.3 is 0 Å². The average molecular weight is 313 g/mol. The van der Waals surface area contributed by atoms with Crippen molar-refractivity contribution in [2.24, 2.45) is 4.99 Å². The van der Waals surface area contributed by atoms with Gasteiger partial charge in [0.05, 0.1) is 12.4 Å². The topological polar surface area (TPSA) is 61.8 Å². The third kappa shape index (κ3) is 3.58. The van der Waals surface area contributed by atoms with Gasteiger partial charge in [0, 0.05) is 17.1 Å². The monoisotopic (exact) mass is 313 g/mol. The fourth-order valence-corrected chi connectivity index (χ4v) is 3.96. The van der Waals surface area contributed by atoms with Crippen molar-refractivity contribution >= 4 is 40.5 Å². The number of nitrogens with zero attached hydrogens (tertiary/aromatic N) is 2. The Morgan fingerprint density at radius 3 is 3.00 bits per heavy atom. The molecule has 0 aromatic heterocycles. The van der Waals surface area contributed by atoms with Gasteiger partial charge in [-0.15, -0.1) is 11.8 Å². The number of hydrogen-bond donors (Lipinski definition) is 1. The van der Waals surface area contributed by atoms with Crippen molar-refractivity contribution in [2.45, 2.75) is 26.3 Å². The third-order valence-electron chi connectivity index (χ3n) is 3.11. The van der Waals surface area contributed by atoms with Crippen molar-refractivity contribution in [3.05, 3.63) is 11.6 Å². The summed E-state index contributed by atoms with van der Waals surface area (Å²) < 4.78 is 0. The molecule has 2 amide bonds. The number of hydrogen-bond acceptors (Lipinski definition) is 5. The van der Waals surface area contributed by atoms with Gasteiger partial charge in [-0.05, 0) is 13.3 Å². The van der Waals surface area contributed by atoms with Crippen LogP contribution in [-0.2, 0) is 9.59 Å². The first kappa shape index (κ1) is 15.4. The van der Waals surface area contributed by atoms with Crippen LogP contribution in [0.1, 0.15) is 20.3 Å². The summed E-state index contributed by atoms with van der Waals surface area (Å²) in [4.78, 5) is 30.4. The summed E-state index contributed by atoms with van der Waals surface area (Å²) in [5, 5.41) is 3.50. The first-order valence-electron chi connectivity index (χ1n) is 6.67. The van der Waals surface area contributed by atoms with Gasteiger partial charge in [-0.25, -0.2) is 0 Å². The number of rotatable bonds is 3. The van der Waals surface area contributed by atoms with Gasteiger partial charge in [0.15, 0.2) is 5.17 Å². The van der Waals surface area contributed by atoms with E-state index < -0.39 is 6.04 Å². The zero-order valence-electron chi connectivity index (χ0n) is 11.7. The molecule has 0 unspecified atom stereocenters. The normalized spacial score (nSPS) is 22.9. The molecule has 1 fully saturated rings. The van der Waals surface area contributed by atoms with Gasteiger partial charge in [0.2, 0.25) is 5.91 Å². The van der Waals surface area contributed by atoms with Crippen LogP contribution in [0.15, 0.2) is 16.6 Å². The fourth-order valence-electron chi connectivity index (χ4n) is 2.08. The minimum Gasteiger partial charge on any atom is -0.317 e. The number of thioether (sulfide) groups is 2. The zero-order valence-corrected chi connectivity index (χ0v) is 13.4. The molecule has 110 valence electrons. The van der Waals surface area contributed by atoms with Gasteiger partial charge in [0.1, 0.15) is 6.04 Å². The van der Waals surface area contributed by atoms with E-state index in [1.54, 1.807) is 35.3 Å². The van der Waals surface area contributed by atoms with Crippen LogP contribution in [0.4, 0.5) is 0 Å². The first-order chi connectivity index (χ1) is 9.63. The molecule has 5 nitrogen and oxygen atoms in total. The number of allylic oxidation sites excluding steroid dienone is 1. The lowest BCUT2D eigenvalue weighted by atomic mass is 10.2. The van der Waals surface area contributed by atoms with Crippen LogP contribution in [0.2, 0.25) is 0 Å². The molecule has 1 saturated heterocycles. The summed E-state index contributed by atoms with van der Waals surface area (Å²) in [5.74, 6) is 1.97. The smallest absolute Gasteiger partial charge is 0.250 e. The molecule has 1 atom stereocenters. The molecule has 1 N–H and O–H groups in total. The van der Waals surface area contributed by atoms with E-state index in [0.29, 0.717) is 22.4 Å². The number of amides is 2. The average Bonchev–Trinajstić information content (AvgIpc) is 3.08. The molecule has 0 radical (unpaired) electrons. The largest absolute Gasteiger partial charge is 0.317 e. The van der Waals surface area contributed by atoms with E-state index in [1.165, 1.54) is 0 Å². The van der Waals surface area contributed by atoms with Crippen LogP contribution < -0.4 is 5.32 Å². The van der Waals surface area contributed by atoms with Crippen molar-refractivity contribution in [1.29, 1.82) is 0 Å². The third-order valence-corrected chi connectivity index (χ3v) is 5.01. The lowest BCUT2D eigenvalue weighted by molar-refractivity contribution is -0.134. The van der Waals surface area contributed by atoms with Crippen molar-refractivity contribution in [2.75, 3.05) is 23.9 Å². The molecule has 2 rings (SSSR count). The van der Waals surface area contributed by atoms with Gasteiger partial charge in [-0.1, -0.05) is 24.8 Å². The van der Waals surface area contributed by atoms with E-state index in [0.717, 1.165) is 18.7 Å². The number of carbonyl (C=O) groups is 2. The Morgan fingerprint density at radius 2 is 2.35 bits per heavy atom. The van der Waals surface area contributed by atoms with Crippen LogP contribution in [0.3, 0.4) is 0 Å². The zero-order chi connectivity index (χ0) is 14.5. The second-order valence-corrected chi connectivity index (χ2v) is 6.69. The number of aliphatic imine (C=N–C) groups is 1. The summed E-state index contributed by atoms with van der Waals surface area (Å²) >= 11 is 3.16. The van der Waals surface area contributed by atoms with E-state index in [9.17, 15) is 9.59 Å². The van der Waals surface area contributed by atoms with Crippen molar-refractivity contribution in [3.8, 4) is 0 Å². The molecule has 0 spiro atoms. The Bertz CT molecular complexity index is 463. The van der Waals surface area contributed by atoms with Gasteiger partial charge in [-0.2, -0.15) is 0 Å². The predicted octanol–water partition coefficient (Wildman–Crippen LogP) is 1.46. The maximum atomic E-state index is 12.3. The summed E-state index contributed by atoms with van der Waals surface area (Å²) in [7, 11) is 0. The minimum atomic E-state index is -0.392. The summed E-state index contributed by atoms with van der Waals surface area (Å²) in [6.45, 7) is 4.55. The highest BCUT2D eigenvalue weighted by molar-refractivity contribution is 8.14. The van der Waals surface area contributed by atoms with Gasteiger partial charge < -0.3 is 10.2 Å². The van der Waals surface area contributed by atoms with Crippen molar-refractivity contribution in [3.63, 3.8) is 0 Å². The molecule has 0 aliphatic carbocycles. The lowest BCUT2D eigenvalue weighted by Gasteiger charge is -2.23. The predicted molar refractivity (Wildman–Crippen MR) is 84.9 cm³/mol. The number of amidine groups is 1. The van der Waals surface area contributed by atoms with Crippen LogP contribution in [0.5, 0.6) is 0 Å². The molecule has 2 heterocycles. The Kier molecular flexibility index (Phi) is 5.54. The first-order valence-corrected chi connectivity index (χ1v) is 8.81. The number of carbonyl (C=O) groups excluding carboxylic acids is 2. The van der Waals surface area contributed by atoms with Crippen LogP contribution in [-0.4, -0.2) is 51.9 Å². The van der Waals surface area contributed by atoms with Gasteiger partial charge in [0.25, 0.3) is 5.91 Å². The van der Waals surface area contributed by atoms with Crippen LogP contribution >= 0.6 is 23.5 Å². The molecule has 2 aliphatic rings. The van der Waals surface area contributed by atoms with Crippen LogP contribution in [0, 0.1) is 0 Å². The summed E-state index contributed by atoms with van der Waals surface area (Å²) in [5.41, 5.74) is 0.709. The summed E-state index contributed by atoms with van der Waals surface area (Å²) in [6.07, 6.45) is 2.72. The van der Waals surface area contributed by atoms with Crippen molar-refractivity contribution < 1.29 is 9.59 Å². The van der Waals surface area contributed by atoms with Crippen LogP contribution in [0.25, 0.3) is 0 Å². The van der Waals surface area contributed by atoms with E-state index in [4.69, 9.17) is 0 Å². The number of nitrogens with one attached hydrogen (secondary N) is 1. The Morgan fingerprint density at radius 1 is 1.55 bits per heavy atom. The molecule has 7 heteroatoms. The lowest BCUT2D eigenvalue weighted by Crippen LogP contribution is -2.48. The molecule has 20 heavy (non-hydrogen) atoms. The SMILES string of the molecule is CC/C=C(\C)C(=O)N1CSC[C@H]1C(=O)NC1=NCCS1. The Labute approximate surface area is 127 Å². The molecule has 0 aromatic carbocycles. The molecule has 2 aliphatic heterocycles. The second-order valence-electron chi connectivity index (χ2n) is 4.61. The molecule has 0 saturated carbocycles. The van der Waals surface area contributed by atoms with E-state index in [-0.39, 0.29) is 11.8 Å². The fraction of sp³-hybridized carbons (Fsp3) is 0.615. The molecular formula is C13H19N3O2S2. The molecule has 0 bridgehead atoms. The minimum absolute atomic E-state index is 0.0435. The van der Waals surface area contributed by atoms with E-state index in [2.05, 4.69) is 10.3 Å². The van der Waals surface area contributed by atoms with E-state index in [1.807, 2.05) is 13.0 Å². The maximum absolute atomic E-state index is 12.3. The quantitative estimate of drug-likeness (QED) is 0.801. The molecule has 0 aromatic rings.